The van der Waals surface area contributed by atoms with Crippen molar-refractivity contribution >= 4 is 35.1 Å². The van der Waals surface area contributed by atoms with Crippen LogP contribution in [-0.4, -0.2) is 29.3 Å². The maximum atomic E-state index is 13.2. The van der Waals surface area contributed by atoms with Gasteiger partial charge in [-0.2, -0.15) is 0 Å². The predicted octanol–water partition coefficient (Wildman–Crippen LogP) is 3.97. The molecule has 7 heteroatoms. The van der Waals surface area contributed by atoms with E-state index in [9.17, 15) is 14.4 Å². The van der Waals surface area contributed by atoms with Crippen LogP contribution in [0.2, 0.25) is 5.02 Å². The molecule has 2 aromatic rings. The Labute approximate surface area is 180 Å². The number of halogens is 1. The first kappa shape index (κ1) is 20.4. The molecule has 4 amide bonds. The van der Waals surface area contributed by atoms with E-state index in [-0.39, 0.29) is 12.0 Å². The third kappa shape index (κ3) is 3.35. The van der Waals surface area contributed by atoms with E-state index in [1.165, 1.54) is 0 Å². The van der Waals surface area contributed by atoms with Gasteiger partial charge in [0.25, 0.3) is 5.91 Å². The molecule has 1 fully saturated rings. The number of fused-ring (bicyclic) bond motifs is 2. The Morgan fingerprint density at radius 3 is 2.67 bits per heavy atom. The number of aryl methyl sites for hydroxylation is 1. The number of rotatable bonds is 3. The topological polar surface area (TPSA) is 78.5 Å². The fraction of sp³-hybridized carbons (Fsp3) is 0.348. The molecule has 4 rings (SSSR count). The number of para-hydroxylation sites is 1. The van der Waals surface area contributed by atoms with Gasteiger partial charge < -0.3 is 10.6 Å². The van der Waals surface area contributed by atoms with Crippen LogP contribution in [0.1, 0.15) is 43.9 Å². The van der Waals surface area contributed by atoms with Crippen molar-refractivity contribution in [3.63, 3.8) is 0 Å². The van der Waals surface area contributed by atoms with Crippen LogP contribution in [0.4, 0.5) is 10.5 Å². The lowest BCUT2D eigenvalue weighted by atomic mass is 9.86. The lowest BCUT2D eigenvalue weighted by Crippen LogP contribution is -2.43. The highest BCUT2D eigenvalue weighted by atomic mass is 35.5. The number of nitrogens with one attached hydrogen (secondary N) is 2. The molecule has 1 spiro atoms. The second-order valence-electron chi connectivity index (χ2n) is 8.87. The largest absolute Gasteiger partial charge is 0.325 e. The van der Waals surface area contributed by atoms with Crippen LogP contribution in [-0.2, 0) is 27.0 Å². The van der Waals surface area contributed by atoms with Gasteiger partial charge in [-0.05, 0) is 53.1 Å². The maximum Gasteiger partial charge on any atom is 0.325 e. The number of imide groups is 1. The van der Waals surface area contributed by atoms with Gasteiger partial charge in [0.2, 0.25) is 5.91 Å². The van der Waals surface area contributed by atoms with Gasteiger partial charge >= 0.3 is 6.03 Å². The first-order valence-electron chi connectivity index (χ1n) is 9.94. The molecule has 2 N–H and O–H groups in total. The zero-order valence-corrected chi connectivity index (χ0v) is 18.0. The summed E-state index contributed by atoms with van der Waals surface area (Å²) in [6.07, 6.45) is 1.10. The molecule has 1 aliphatic heterocycles. The highest BCUT2D eigenvalue weighted by Crippen LogP contribution is 2.42. The monoisotopic (exact) mass is 425 g/mol. The number of carbonyl (C=O) groups is 3. The van der Waals surface area contributed by atoms with E-state index >= 15 is 0 Å². The summed E-state index contributed by atoms with van der Waals surface area (Å²) in [4.78, 5) is 39.6. The molecule has 6 nitrogen and oxygen atoms in total. The third-order valence-corrected chi connectivity index (χ3v) is 6.02. The lowest BCUT2D eigenvalue weighted by molar-refractivity contribution is -0.134. The number of nitrogens with zero attached hydrogens (tertiary/aromatic N) is 1. The number of carbonyl (C=O) groups excluding carboxylic acids is 3. The fourth-order valence-corrected chi connectivity index (χ4v) is 4.54. The summed E-state index contributed by atoms with van der Waals surface area (Å²) in [5.41, 5.74) is 2.09. The first-order valence-corrected chi connectivity index (χ1v) is 10.3. The summed E-state index contributed by atoms with van der Waals surface area (Å²) in [7, 11) is 0. The Balaban J connectivity index is 1.54. The minimum absolute atomic E-state index is 0.163. The number of hydrogen-bond acceptors (Lipinski definition) is 3. The minimum Gasteiger partial charge on any atom is -0.324 e. The Kier molecular flexibility index (Phi) is 4.85. The van der Waals surface area contributed by atoms with Gasteiger partial charge in [0, 0.05) is 10.7 Å². The second-order valence-corrected chi connectivity index (χ2v) is 9.31. The summed E-state index contributed by atoms with van der Waals surface area (Å²) in [5, 5.41) is 6.28. The van der Waals surface area contributed by atoms with Gasteiger partial charge in [-0.3, -0.25) is 14.5 Å². The zero-order valence-electron chi connectivity index (χ0n) is 17.2. The summed E-state index contributed by atoms with van der Waals surface area (Å²) >= 11 is 6.07. The molecule has 156 valence electrons. The van der Waals surface area contributed by atoms with E-state index in [1.54, 1.807) is 12.1 Å². The third-order valence-electron chi connectivity index (χ3n) is 5.78. The van der Waals surface area contributed by atoms with Crippen LogP contribution in [0.3, 0.4) is 0 Å². The van der Waals surface area contributed by atoms with Crippen LogP contribution in [0.15, 0.2) is 42.5 Å². The molecule has 1 atom stereocenters. The van der Waals surface area contributed by atoms with E-state index in [4.69, 9.17) is 11.6 Å². The van der Waals surface area contributed by atoms with Crippen LogP contribution >= 0.6 is 11.6 Å². The van der Waals surface area contributed by atoms with Crippen molar-refractivity contribution in [3.05, 3.63) is 64.2 Å². The Hall–Kier alpha value is -2.86. The quantitative estimate of drug-likeness (QED) is 0.730. The van der Waals surface area contributed by atoms with Crippen molar-refractivity contribution in [1.82, 2.24) is 10.2 Å². The molecule has 1 heterocycles. The summed E-state index contributed by atoms with van der Waals surface area (Å²) < 4.78 is 0. The van der Waals surface area contributed by atoms with Crippen molar-refractivity contribution in [3.8, 4) is 0 Å². The van der Waals surface area contributed by atoms with Crippen LogP contribution in [0.5, 0.6) is 0 Å². The van der Waals surface area contributed by atoms with Crippen molar-refractivity contribution in [1.29, 1.82) is 0 Å². The maximum absolute atomic E-state index is 13.2. The van der Waals surface area contributed by atoms with Crippen molar-refractivity contribution in [2.24, 2.45) is 0 Å². The number of urea groups is 1. The molecule has 0 saturated carbocycles. The number of anilines is 1. The van der Waals surface area contributed by atoms with Crippen molar-refractivity contribution in [2.45, 2.75) is 44.6 Å². The fourth-order valence-electron chi connectivity index (χ4n) is 4.34. The molecule has 0 bridgehead atoms. The number of hydrogen-bond donors (Lipinski definition) is 2. The van der Waals surface area contributed by atoms with E-state index < -0.39 is 23.4 Å². The van der Waals surface area contributed by atoms with Gasteiger partial charge in [0.1, 0.15) is 12.1 Å². The molecular formula is C23H24ClN3O3. The van der Waals surface area contributed by atoms with Gasteiger partial charge in [-0.15, -0.1) is 0 Å². The zero-order chi connectivity index (χ0) is 21.7. The Bertz CT molecular complexity index is 1060. The molecule has 2 aliphatic rings. The van der Waals surface area contributed by atoms with E-state index in [0.717, 1.165) is 21.6 Å². The molecule has 1 saturated heterocycles. The van der Waals surface area contributed by atoms with Crippen molar-refractivity contribution < 1.29 is 14.4 Å². The Morgan fingerprint density at radius 2 is 1.93 bits per heavy atom. The average Bonchev–Trinajstić information content (AvgIpc) is 3.14. The summed E-state index contributed by atoms with van der Waals surface area (Å²) in [6, 6.07) is 12.3. The number of benzene rings is 2. The smallest absolute Gasteiger partial charge is 0.324 e. The molecule has 0 aromatic heterocycles. The van der Waals surface area contributed by atoms with Crippen LogP contribution in [0.25, 0.3) is 0 Å². The lowest BCUT2D eigenvalue weighted by Gasteiger charge is -2.24. The number of amides is 4. The standard InChI is InChI=1S/C23H24ClN3O3/c1-22(2,3)17-6-4-5-7-18(17)25-19(28)13-27-20(29)23(26-21(27)30)11-10-14-12-15(24)8-9-16(14)23/h4-9,12H,10-11,13H2,1-3H3,(H,25,28)(H,26,30)/t23-/m0/s1. The molecule has 0 unspecified atom stereocenters. The van der Waals surface area contributed by atoms with Gasteiger partial charge in [-0.1, -0.05) is 56.6 Å². The average molecular weight is 426 g/mol. The van der Waals surface area contributed by atoms with Crippen LogP contribution < -0.4 is 10.6 Å². The summed E-state index contributed by atoms with van der Waals surface area (Å²) in [6.45, 7) is 5.84. The molecular weight excluding hydrogens is 402 g/mol. The van der Waals surface area contributed by atoms with Gasteiger partial charge in [0.15, 0.2) is 0 Å². The van der Waals surface area contributed by atoms with Gasteiger partial charge in [0.05, 0.1) is 0 Å². The van der Waals surface area contributed by atoms with E-state index in [2.05, 4.69) is 31.4 Å². The molecule has 30 heavy (non-hydrogen) atoms. The molecule has 2 aromatic carbocycles. The minimum atomic E-state index is -1.11. The summed E-state index contributed by atoms with van der Waals surface area (Å²) in [5.74, 6) is -0.811. The Morgan fingerprint density at radius 1 is 1.20 bits per heavy atom. The van der Waals surface area contributed by atoms with E-state index in [1.807, 2.05) is 30.3 Å². The predicted molar refractivity (Wildman–Crippen MR) is 115 cm³/mol. The van der Waals surface area contributed by atoms with Crippen LogP contribution in [0, 0.1) is 0 Å². The normalized spacial score (nSPS) is 20.5. The highest BCUT2D eigenvalue weighted by Gasteiger charge is 2.55. The molecule has 1 aliphatic carbocycles. The molecule has 0 radical (unpaired) electrons. The highest BCUT2D eigenvalue weighted by molar-refractivity contribution is 6.30. The van der Waals surface area contributed by atoms with Gasteiger partial charge in [-0.25, -0.2) is 4.79 Å². The first-order chi connectivity index (χ1) is 14.1. The second kappa shape index (κ2) is 7.13. The van der Waals surface area contributed by atoms with E-state index in [0.29, 0.717) is 23.6 Å². The van der Waals surface area contributed by atoms with Crippen molar-refractivity contribution in [2.75, 3.05) is 11.9 Å². The SMILES string of the molecule is CC(C)(C)c1ccccc1NC(=O)CN1C(=O)N[C@]2(CCc3cc(Cl)ccc32)C1=O.